The van der Waals surface area contributed by atoms with Crippen LogP contribution in [0.25, 0.3) is 16.3 Å². The van der Waals surface area contributed by atoms with Crippen LogP contribution in [0.15, 0.2) is 41.5 Å². The minimum absolute atomic E-state index is 1.03. The van der Waals surface area contributed by atoms with E-state index in [1.54, 1.807) is 0 Å². The Bertz CT molecular complexity index is 661. The summed E-state index contributed by atoms with van der Waals surface area (Å²) in [5.41, 5.74) is 4.36. The Hall–Kier alpha value is -1.41. The van der Waals surface area contributed by atoms with Gasteiger partial charge in [0.15, 0.2) is 0 Å². The molecule has 0 spiro atoms. The fraction of sp³-hybridized carbons (Fsp3) is 0.353. The van der Waals surface area contributed by atoms with Gasteiger partial charge in [0, 0.05) is 12.1 Å². The van der Waals surface area contributed by atoms with E-state index in [0.717, 1.165) is 6.54 Å². The summed E-state index contributed by atoms with van der Waals surface area (Å²) in [5.74, 6) is 0. The Labute approximate surface area is 118 Å². The van der Waals surface area contributed by atoms with Crippen molar-refractivity contribution < 1.29 is 4.57 Å². The Morgan fingerprint density at radius 2 is 2.11 bits per heavy atom. The second kappa shape index (κ2) is 5.30. The van der Waals surface area contributed by atoms with Crippen LogP contribution in [0.2, 0.25) is 0 Å². The molecule has 0 fully saturated rings. The van der Waals surface area contributed by atoms with Crippen molar-refractivity contribution in [1.82, 2.24) is 0 Å². The Balaban J connectivity index is 2.10. The largest absolute Gasteiger partial charge is 0.263 e. The zero-order chi connectivity index (χ0) is 13.2. The highest BCUT2D eigenvalue weighted by atomic mass is 32.1. The van der Waals surface area contributed by atoms with Crippen molar-refractivity contribution in [3.8, 4) is 0 Å². The van der Waals surface area contributed by atoms with E-state index in [2.05, 4.69) is 54.8 Å². The molecular weight excluding hydrogens is 250 g/mol. The molecule has 0 radical (unpaired) electrons. The monoisotopic (exact) mass is 270 g/mol. The summed E-state index contributed by atoms with van der Waals surface area (Å²) in [6.07, 6.45) is 8.53. The number of nitrogens with zero attached hydrogens (tertiary/aromatic N) is 1. The van der Waals surface area contributed by atoms with Gasteiger partial charge < -0.3 is 0 Å². The standard InChI is InChI=1S/C17H20NS/c1-3-18-15-9-4-5-10-16(15)19-17(18)12-14-8-6-7-13(2)11-14/h4-5,9-12H,3,6-8H2,1-2H3/q+1/b14-12+. The Morgan fingerprint density at radius 1 is 1.26 bits per heavy atom. The third-order valence-electron chi connectivity index (χ3n) is 3.73. The Kier molecular flexibility index (Phi) is 3.52. The first-order valence-electron chi connectivity index (χ1n) is 7.07. The van der Waals surface area contributed by atoms with Crippen LogP contribution in [0.3, 0.4) is 0 Å². The number of hydrogen-bond donors (Lipinski definition) is 0. The molecule has 19 heavy (non-hydrogen) atoms. The van der Waals surface area contributed by atoms with Gasteiger partial charge in [0.1, 0.15) is 11.2 Å². The molecule has 0 saturated heterocycles. The molecule has 1 aliphatic carbocycles. The SMILES string of the molecule is CC[n+]1c(/C=C2/C=C(C)CCC2)sc2ccccc21. The van der Waals surface area contributed by atoms with E-state index in [4.69, 9.17) is 0 Å². The van der Waals surface area contributed by atoms with Gasteiger partial charge in [-0.25, -0.2) is 0 Å². The lowest BCUT2D eigenvalue weighted by atomic mass is 9.96. The number of thiazole rings is 1. The number of para-hydroxylation sites is 1. The van der Waals surface area contributed by atoms with Crippen LogP contribution in [0.4, 0.5) is 0 Å². The zero-order valence-electron chi connectivity index (χ0n) is 11.6. The van der Waals surface area contributed by atoms with E-state index >= 15 is 0 Å². The van der Waals surface area contributed by atoms with Crippen molar-refractivity contribution >= 4 is 27.6 Å². The van der Waals surface area contributed by atoms with Gasteiger partial charge in [-0.3, -0.25) is 0 Å². The molecule has 0 amide bonds. The third-order valence-corrected chi connectivity index (χ3v) is 4.84. The van der Waals surface area contributed by atoms with Crippen molar-refractivity contribution in [2.24, 2.45) is 0 Å². The van der Waals surface area contributed by atoms with Crippen LogP contribution < -0.4 is 4.57 Å². The van der Waals surface area contributed by atoms with E-state index in [9.17, 15) is 0 Å². The first-order chi connectivity index (χ1) is 9.28. The minimum Gasteiger partial charge on any atom is -0.182 e. The number of allylic oxidation sites excluding steroid dienone is 3. The van der Waals surface area contributed by atoms with E-state index in [-0.39, 0.29) is 0 Å². The summed E-state index contributed by atoms with van der Waals surface area (Å²) >= 11 is 1.90. The quantitative estimate of drug-likeness (QED) is 0.695. The molecule has 1 aliphatic rings. The van der Waals surface area contributed by atoms with Crippen molar-refractivity contribution in [3.05, 3.63) is 46.5 Å². The molecule has 0 atom stereocenters. The average molecular weight is 270 g/mol. The zero-order valence-corrected chi connectivity index (χ0v) is 12.5. The molecule has 2 aromatic rings. The van der Waals surface area contributed by atoms with Gasteiger partial charge in [-0.1, -0.05) is 35.1 Å². The number of aromatic nitrogens is 1. The fourth-order valence-electron chi connectivity index (χ4n) is 2.79. The maximum Gasteiger partial charge on any atom is 0.263 e. The molecule has 98 valence electrons. The molecule has 0 unspecified atom stereocenters. The van der Waals surface area contributed by atoms with Gasteiger partial charge >= 0.3 is 0 Å². The molecule has 0 aliphatic heterocycles. The van der Waals surface area contributed by atoms with Crippen LogP contribution in [-0.2, 0) is 6.54 Å². The number of hydrogen-bond acceptors (Lipinski definition) is 1. The van der Waals surface area contributed by atoms with E-state index < -0.39 is 0 Å². The van der Waals surface area contributed by atoms with Crippen LogP contribution in [-0.4, -0.2) is 0 Å². The van der Waals surface area contributed by atoms with Crippen molar-refractivity contribution in [2.45, 2.75) is 39.7 Å². The maximum absolute atomic E-state index is 2.42. The molecule has 0 bridgehead atoms. The topological polar surface area (TPSA) is 3.88 Å². The van der Waals surface area contributed by atoms with Crippen LogP contribution in [0, 0.1) is 0 Å². The van der Waals surface area contributed by atoms with Gasteiger partial charge in [-0.2, -0.15) is 4.57 Å². The normalized spacial score (nSPS) is 18.0. The molecule has 0 saturated carbocycles. The molecule has 2 heteroatoms. The fourth-order valence-corrected chi connectivity index (χ4v) is 3.99. The Morgan fingerprint density at radius 3 is 2.89 bits per heavy atom. The van der Waals surface area contributed by atoms with Crippen LogP contribution in [0.5, 0.6) is 0 Å². The van der Waals surface area contributed by atoms with Gasteiger partial charge in [-0.05, 0) is 44.7 Å². The van der Waals surface area contributed by atoms with Crippen molar-refractivity contribution in [2.75, 3.05) is 0 Å². The highest BCUT2D eigenvalue weighted by molar-refractivity contribution is 7.18. The molecule has 0 N–H and O–H groups in total. The molecule has 1 nitrogen and oxygen atoms in total. The summed E-state index contributed by atoms with van der Waals surface area (Å²) in [6, 6.07) is 8.69. The minimum atomic E-state index is 1.03. The second-order valence-corrected chi connectivity index (χ2v) is 6.28. The summed E-state index contributed by atoms with van der Waals surface area (Å²) in [4.78, 5) is 0. The van der Waals surface area contributed by atoms with Gasteiger partial charge in [0.25, 0.3) is 5.01 Å². The predicted octanol–water partition coefficient (Wildman–Crippen LogP) is 4.72. The van der Waals surface area contributed by atoms with Crippen molar-refractivity contribution in [3.63, 3.8) is 0 Å². The maximum atomic E-state index is 2.42. The highest BCUT2D eigenvalue weighted by Gasteiger charge is 2.17. The number of benzene rings is 1. The number of aryl methyl sites for hydroxylation is 1. The summed E-state index contributed by atoms with van der Waals surface area (Å²) in [6.45, 7) is 5.50. The molecular formula is C17H20NS+. The van der Waals surface area contributed by atoms with Crippen molar-refractivity contribution in [1.29, 1.82) is 0 Å². The summed E-state index contributed by atoms with van der Waals surface area (Å²) < 4.78 is 3.80. The lowest BCUT2D eigenvalue weighted by Gasteiger charge is -2.10. The lowest BCUT2D eigenvalue weighted by molar-refractivity contribution is -0.665. The third kappa shape index (κ3) is 2.50. The highest BCUT2D eigenvalue weighted by Crippen LogP contribution is 2.26. The molecule has 3 rings (SSSR count). The second-order valence-electron chi connectivity index (χ2n) is 5.22. The summed E-state index contributed by atoms with van der Waals surface area (Å²) in [7, 11) is 0. The molecule has 1 aromatic carbocycles. The van der Waals surface area contributed by atoms with E-state index in [1.807, 2.05) is 11.3 Å². The van der Waals surface area contributed by atoms with Gasteiger partial charge in [0.05, 0.1) is 0 Å². The van der Waals surface area contributed by atoms with Gasteiger partial charge in [-0.15, -0.1) is 0 Å². The molecule has 1 aromatic heterocycles. The lowest BCUT2D eigenvalue weighted by Crippen LogP contribution is -2.33. The summed E-state index contributed by atoms with van der Waals surface area (Å²) in [5, 5.41) is 1.38. The van der Waals surface area contributed by atoms with E-state index in [1.165, 1.54) is 45.6 Å². The average Bonchev–Trinajstić information content (AvgIpc) is 2.75. The number of fused-ring (bicyclic) bond motifs is 1. The first-order valence-corrected chi connectivity index (χ1v) is 7.88. The van der Waals surface area contributed by atoms with Gasteiger partial charge in [0.2, 0.25) is 5.52 Å². The van der Waals surface area contributed by atoms with Crippen LogP contribution in [0.1, 0.15) is 38.1 Å². The molecule has 1 heterocycles. The first kappa shape index (κ1) is 12.6. The predicted molar refractivity (Wildman–Crippen MR) is 83.3 cm³/mol. The van der Waals surface area contributed by atoms with E-state index in [0.29, 0.717) is 0 Å². The number of rotatable bonds is 2. The smallest absolute Gasteiger partial charge is 0.182 e. The van der Waals surface area contributed by atoms with Crippen LogP contribution >= 0.6 is 11.3 Å².